The first-order valence-electron chi connectivity index (χ1n) is 23.7. The van der Waals surface area contributed by atoms with E-state index in [4.69, 9.17) is 26.2 Å². The van der Waals surface area contributed by atoms with Gasteiger partial charge in [0.05, 0.1) is 36.0 Å². The quantitative estimate of drug-likeness (QED) is 0.168. The maximum atomic E-state index is 9.51. The number of benzene rings is 9. The van der Waals surface area contributed by atoms with Crippen molar-refractivity contribution in [2.24, 2.45) is 0 Å². The van der Waals surface area contributed by atoms with E-state index in [1.165, 1.54) is 6.07 Å². The van der Waals surface area contributed by atoms with Crippen LogP contribution in [0.4, 0.5) is 0 Å². The summed E-state index contributed by atoms with van der Waals surface area (Å²) in [5.74, 6) is 1.37. The Morgan fingerprint density at radius 2 is 0.937 bits per heavy atom. The summed E-state index contributed by atoms with van der Waals surface area (Å²) in [5, 5.41) is 4.38. The van der Waals surface area contributed by atoms with Gasteiger partial charge in [-0.05, 0) is 60.6 Å². The van der Waals surface area contributed by atoms with E-state index in [9.17, 15) is 1.37 Å². The van der Waals surface area contributed by atoms with Gasteiger partial charge in [0.15, 0.2) is 17.5 Å². The number of rotatable bonds is 6. The molecule has 0 spiro atoms. The predicted octanol–water partition coefficient (Wildman–Crippen LogP) is 14.6. The molecule has 4 aromatic heterocycles. The molecule has 4 heterocycles. The number of hydrogen-bond acceptors (Lipinski definition) is 4. The van der Waals surface area contributed by atoms with Gasteiger partial charge in [-0.15, -0.1) is 0 Å². The largest absolute Gasteiger partial charge is 0.455 e. The van der Waals surface area contributed by atoms with Gasteiger partial charge in [-0.1, -0.05) is 152 Å². The lowest BCUT2D eigenvalue weighted by Crippen LogP contribution is -2.02. The first-order chi connectivity index (χ1) is 33.7. The number of fused-ring (bicyclic) bond motifs is 9. The molecule has 0 saturated carbocycles. The lowest BCUT2D eigenvalue weighted by Gasteiger charge is -2.16. The number of para-hydroxylation sites is 6. The highest BCUT2D eigenvalue weighted by molar-refractivity contribution is 6.13. The molecule has 9 aromatic carbocycles. The van der Waals surface area contributed by atoms with Crippen LogP contribution in [0.5, 0.6) is 0 Å². The summed E-state index contributed by atoms with van der Waals surface area (Å²) in [6.45, 7) is 0. The Labute approximate surface area is 370 Å². The van der Waals surface area contributed by atoms with E-state index < -0.39 is 0 Å². The molecule has 0 fully saturated rings. The van der Waals surface area contributed by atoms with E-state index in [1.54, 1.807) is 0 Å². The minimum atomic E-state index is -0.364. The molecule has 13 aromatic rings. The van der Waals surface area contributed by atoms with Gasteiger partial charge in [-0.2, -0.15) is 0 Å². The Morgan fingerprint density at radius 3 is 1.65 bits per heavy atom. The van der Waals surface area contributed by atoms with Gasteiger partial charge >= 0.3 is 0 Å². The van der Waals surface area contributed by atoms with Crippen molar-refractivity contribution in [2.75, 3.05) is 0 Å². The molecule has 294 valence electrons. The molecular formula is C57H35N5O. The van der Waals surface area contributed by atoms with E-state index in [1.807, 2.05) is 103 Å². The Morgan fingerprint density at radius 1 is 0.381 bits per heavy atom. The summed E-state index contributed by atoms with van der Waals surface area (Å²) < 4.78 is 64.6. The first-order valence-corrected chi connectivity index (χ1v) is 20.7. The normalized spacial score (nSPS) is 13.1. The van der Waals surface area contributed by atoms with Crippen molar-refractivity contribution >= 4 is 65.6 Å². The third-order valence-electron chi connectivity index (χ3n) is 11.9. The number of furan rings is 1. The zero-order valence-corrected chi connectivity index (χ0v) is 33.4. The van der Waals surface area contributed by atoms with Crippen LogP contribution >= 0.6 is 0 Å². The van der Waals surface area contributed by atoms with Crippen LogP contribution in [0, 0.1) is 0 Å². The third kappa shape index (κ3) is 5.55. The highest BCUT2D eigenvalue weighted by atomic mass is 16.3. The summed E-state index contributed by atoms with van der Waals surface area (Å²) in [7, 11) is 0. The summed E-state index contributed by atoms with van der Waals surface area (Å²) >= 11 is 0. The summed E-state index contributed by atoms with van der Waals surface area (Å²) in [6, 6.07) is 56.6. The minimum absolute atomic E-state index is 0.0229. The molecule has 0 aliphatic heterocycles. The van der Waals surface area contributed by atoms with Crippen molar-refractivity contribution in [1.29, 1.82) is 0 Å². The molecule has 6 nitrogen and oxygen atoms in total. The minimum Gasteiger partial charge on any atom is -0.455 e. The van der Waals surface area contributed by atoms with Gasteiger partial charge in [-0.3, -0.25) is 0 Å². The molecule has 0 N–H and O–H groups in total. The first kappa shape index (κ1) is 29.6. The van der Waals surface area contributed by atoms with Crippen molar-refractivity contribution in [2.45, 2.75) is 0 Å². The summed E-state index contributed by atoms with van der Waals surface area (Å²) in [4.78, 5) is 15.5. The second kappa shape index (κ2) is 14.0. The van der Waals surface area contributed by atoms with Crippen LogP contribution in [0.25, 0.3) is 122 Å². The molecule has 6 heteroatoms. The molecule has 0 atom stereocenters. The number of hydrogen-bond donors (Lipinski definition) is 0. The van der Waals surface area contributed by atoms with Crippen LogP contribution in [0.1, 0.15) is 8.22 Å². The topological polar surface area (TPSA) is 61.7 Å². The Balaban J connectivity index is 1.09. The van der Waals surface area contributed by atoms with Crippen LogP contribution in [-0.2, 0) is 0 Å². The molecule has 0 bridgehead atoms. The van der Waals surface area contributed by atoms with Crippen molar-refractivity contribution < 1.29 is 12.6 Å². The van der Waals surface area contributed by atoms with Crippen LogP contribution < -0.4 is 0 Å². The van der Waals surface area contributed by atoms with Crippen LogP contribution in [-0.4, -0.2) is 24.1 Å². The molecule has 0 aliphatic carbocycles. The van der Waals surface area contributed by atoms with E-state index >= 15 is 0 Å². The van der Waals surface area contributed by atoms with Crippen molar-refractivity contribution in [1.82, 2.24) is 24.1 Å². The van der Waals surface area contributed by atoms with Gasteiger partial charge in [-0.25, -0.2) is 15.0 Å². The standard InChI is InChI=1S/C57H35N5O/c1-3-16-36(17-4-1)55-58-56(37-31-33-51-47(34-37)42-22-9-11-26-48(42)61(51)39-18-5-2-6-19-39)60-57(59-55)38-30-32-43(45-24-15-25-46-44-23-10-14-29-53(44)63-54(45)46)52(35-38)62-49-27-12-7-20-40(49)41-21-8-13-28-50(41)62/h1-35H/i10D,15D,23D,24D,25D,29D. The fraction of sp³-hybridized carbons (Fsp3) is 0. The van der Waals surface area contributed by atoms with Gasteiger partial charge < -0.3 is 13.6 Å². The van der Waals surface area contributed by atoms with E-state index in [0.29, 0.717) is 34.3 Å². The SMILES string of the molecule is [2H]c1cc([2H])c2oc3c(-c4ccc(-c5nc(-c6ccccc6)nc(-c6ccc7c(c6)c6ccccc6n7-c6ccccc6)n5)cc4-n4c5ccccc5c5ccccc54)c([2H])c([2H])c([2H])c3c2c1[2H]. The van der Waals surface area contributed by atoms with Crippen LogP contribution in [0.15, 0.2) is 217 Å². The molecule has 0 amide bonds. The van der Waals surface area contributed by atoms with Crippen molar-refractivity contribution in [3.8, 4) is 56.7 Å². The monoisotopic (exact) mass is 811 g/mol. The summed E-state index contributed by atoms with van der Waals surface area (Å²) in [6.07, 6.45) is 0. The van der Waals surface area contributed by atoms with E-state index in [-0.39, 0.29) is 63.8 Å². The lowest BCUT2D eigenvalue weighted by molar-refractivity contribution is 0.670. The molecule has 0 saturated heterocycles. The lowest BCUT2D eigenvalue weighted by atomic mass is 9.98. The van der Waals surface area contributed by atoms with Gasteiger partial charge in [0.25, 0.3) is 0 Å². The Bertz CT molecular complexity index is 4220. The number of nitrogens with zero attached hydrogens (tertiary/aromatic N) is 5. The fourth-order valence-corrected chi connectivity index (χ4v) is 9.13. The predicted molar refractivity (Wildman–Crippen MR) is 258 cm³/mol. The average Bonchev–Trinajstić information content (AvgIpc) is 4.07. The Hall–Kier alpha value is -8.61. The van der Waals surface area contributed by atoms with Crippen LogP contribution in [0.3, 0.4) is 0 Å². The Kier molecular flexibility index (Phi) is 6.56. The zero-order chi connectivity index (χ0) is 46.7. The van der Waals surface area contributed by atoms with Crippen molar-refractivity contribution in [3.63, 3.8) is 0 Å². The highest BCUT2D eigenvalue weighted by Crippen LogP contribution is 2.42. The maximum absolute atomic E-state index is 9.51. The highest BCUT2D eigenvalue weighted by Gasteiger charge is 2.22. The van der Waals surface area contributed by atoms with Gasteiger partial charge in [0.1, 0.15) is 11.2 Å². The fourth-order valence-electron chi connectivity index (χ4n) is 9.13. The molecule has 63 heavy (non-hydrogen) atoms. The second-order valence-electron chi connectivity index (χ2n) is 15.5. The zero-order valence-electron chi connectivity index (χ0n) is 39.4. The second-order valence-corrected chi connectivity index (χ2v) is 15.5. The van der Waals surface area contributed by atoms with E-state index in [2.05, 4.69) is 75.9 Å². The summed E-state index contributed by atoms with van der Waals surface area (Å²) in [5.41, 5.74) is 8.70. The van der Waals surface area contributed by atoms with Crippen molar-refractivity contribution in [3.05, 3.63) is 212 Å². The van der Waals surface area contributed by atoms with E-state index in [0.717, 1.165) is 60.4 Å². The van der Waals surface area contributed by atoms with Gasteiger partial charge in [0, 0.05) is 65.8 Å². The van der Waals surface area contributed by atoms with Gasteiger partial charge in [0.2, 0.25) is 0 Å². The molecule has 0 radical (unpaired) electrons. The van der Waals surface area contributed by atoms with Crippen LogP contribution in [0.2, 0.25) is 0 Å². The molecule has 0 unspecified atom stereocenters. The average molecular weight is 812 g/mol. The third-order valence-corrected chi connectivity index (χ3v) is 11.9. The molecule has 13 rings (SSSR count). The maximum Gasteiger partial charge on any atom is 0.164 e. The number of aromatic nitrogens is 5. The smallest absolute Gasteiger partial charge is 0.164 e. The molecule has 0 aliphatic rings. The molecular weight excluding hydrogens is 771 g/mol.